The molecule has 0 saturated carbocycles. The van der Waals surface area contributed by atoms with Crippen LogP contribution >= 0.6 is 0 Å². The molecule has 5 N–H and O–H groups in total. The molecule has 112 valence electrons. The molecule has 0 aliphatic rings. The minimum Gasteiger partial charge on any atom is -0.508 e. The van der Waals surface area contributed by atoms with Gasteiger partial charge in [0.05, 0.1) is 18.6 Å². The van der Waals surface area contributed by atoms with Crippen LogP contribution in [-0.2, 0) is 20.8 Å². The lowest BCUT2D eigenvalue weighted by Gasteiger charge is -2.12. The van der Waals surface area contributed by atoms with E-state index >= 15 is 0 Å². The summed E-state index contributed by atoms with van der Waals surface area (Å²) in [5.74, 6) is -0.408. The van der Waals surface area contributed by atoms with Gasteiger partial charge in [0.1, 0.15) is 11.8 Å². The Hall–Kier alpha value is -1.71. The highest BCUT2D eigenvalue weighted by Crippen LogP contribution is 2.11. The summed E-state index contributed by atoms with van der Waals surface area (Å²) < 4.78 is 4.91. The van der Waals surface area contributed by atoms with E-state index in [0.717, 1.165) is 5.56 Å². The van der Waals surface area contributed by atoms with E-state index in [2.05, 4.69) is 4.84 Å². The molecule has 0 bridgehead atoms. The van der Waals surface area contributed by atoms with Gasteiger partial charge >= 0.3 is 5.97 Å². The summed E-state index contributed by atoms with van der Waals surface area (Å²) in [5.41, 5.74) is 6.51. The number of aromatic hydroxyl groups is 1. The number of nitrogens with two attached hydrogens (primary N) is 1. The SMILES string of the molecule is NC(Cc1ccc(O)cc1)C(=O)OCCCON(O)O. The van der Waals surface area contributed by atoms with Crippen molar-refractivity contribution >= 4 is 5.97 Å². The molecule has 0 amide bonds. The molecule has 0 saturated heterocycles. The van der Waals surface area contributed by atoms with E-state index in [1.807, 2.05) is 0 Å². The smallest absolute Gasteiger partial charge is 0.323 e. The third-order valence-corrected chi connectivity index (χ3v) is 2.43. The first-order chi connectivity index (χ1) is 9.49. The first-order valence-corrected chi connectivity index (χ1v) is 6.00. The lowest BCUT2D eigenvalue weighted by Crippen LogP contribution is -2.34. The molecule has 0 aliphatic heterocycles. The number of hydrogen-bond acceptors (Lipinski definition) is 8. The molecule has 8 heteroatoms. The Bertz CT molecular complexity index is 409. The van der Waals surface area contributed by atoms with Crippen molar-refractivity contribution in [1.82, 2.24) is 5.39 Å². The Balaban J connectivity index is 2.23. The molecule has 1 unspecified atom stereocenters. The van der Waals surface area contributed by atoms with Gasteiger partial charge in [0.15, 0.2) is 0 Å². The number of phenolic OH excluding ortho intramolecular Hbond substituents is 1. The number of carbonyl (C=O) groups is 1. The predicted molar refractivity (Wildman–Crippen MR) is 66.7 cm³/mol. The Morgan fingerprint density at radius 2 is 1.90 bits per heavy atom. The van der Waals surface area contributed by atoms with E-state index in [1.54, 1.807) is 12.1 Å². The highest BCUT2D eigenvalue weighted by atomic mass is 17.1. The number of esters is 1. The minimum atomic E-state index is -0.798. The van der Waals surface area contributed by atoms with Gasteiger partial charge in [0, 0.05) is 6.42 Å². The molecule has 0 heterocycles. The van der Waals surface area contributed by atoms with E-state index in [-0.39, 0.29) is 19.0 Å². The average molecular weight is 286 g/mol. The van der Waals surface area contributed by atoms with Crippen LogP contribution in [0.4, 0.5) is 0 Å². The first kappa shape index (κ1) is 16.3. The van der Waals surface area contributed by atoms with Gasteiger partial charge in [-0.15, -0.1) is 0 Å². The summed E-state index contributed by atoms with van der Waals surface area (Å²) in [6.45, 7) is 0.0590. The minimum absolute atomic E-state index is 0.00647. The van der Waals surface area contributed by atoms with Crippen LogP contribution in [0.25, 0.3) is 0 Å². The van der Waals surface area contributed by atoms with Gasteiger partial charge in [-0.25, -0.2) is 0 Å². The molecule has 1 rings (SSSR count). The predicted octanol–water partition coefficient (Wildman–Crippen LogP) is 0.207. The average Bonchev–Trinajstić information content (AvgIpc) is 2.40. The van der Waals surface area contributed by atoms with Crippen LogP contribution < -0.4 is 5.73 Å². The number of hydrogen-bond donors (Lipinski definition) is 4. The maximum Gasteiger partial charge on any atom is 0.323 e. The molecule has 0 aromatic heterocycles. The summed E-state index contributed by atoms with van der Waals surface area (Å²) in [6.07, 6.45) is 0.603. The molecule has 1 aromatic rings. The zero-order valence-electron chi connectivity index (χ0n) is 10.8. The number of phenols is 1. The van der Waals surface area contributed by atoms with Crippen LogP contribution in [0.1, 0.15) is 12.0 Å². The molecular formula is C12H18N2O6. The number of carbonyl (C=O) groups excluding carboxylic acids is 1. The molecule has 0 radical (unpaired) electrons. The Labute approximate surface area is 115 Å². The fourth-order valence-corrected chi connectivity index (χ4v) is 1.45. The van der Waals surface area contributed by atoms with Crippen LogP contribution in [0, 0.1) is 0 Å². The molecule has 1 atom stereocenters. The number of benzene rings is 1. The molecule has 0 spiro atoms. The van der Waals surface area contributed by atoms with Crippen molar-refractivity contribution in [3.63, 3.8) is 0 Å². The van der Waals surface area contributed by atoms with E-state index in [4.69, 9.17) is 26.0 Å². The summed E-state index contributed by atoms with van der Waals surface area (Å²) in [4.78, 5) is 15.9. The van der Waals surface area contributed by atoms with E-state index < -0.39 is 17.4 Å². The van der Waals surface area contributed by atoms with Gasteiger partial charge in [-0.3, -0.25) is 20.0 Å². The second-order valence-corrected chi connectivity index (χ2v) is 4.08. The van der Waals surface area contributed by atoms with Crippen molar-refractivity contribution in [2.45, 2.75) is 18.9 Å². The van der Waals surface area contributed by atoms with Crippen LogP contribution in [0.3, 0.4) is 0 Å². The van der Waals surface area contributed by atoms with Gasteiger partial charge in [0.25, 0.3) is 0 Å². The van der Waals surface area contributed by atoms with Crippen molar-refractivity contribution in [3.05, 3.63) is 29.8 Å². The second kappa shape index (κ2) is 8.46. The zero-order chi connectivity index (χ0) is 15.0. The first-order valence-electron chi connectivity index (χ1n) is 6.00. The molecule has 8 nitrogen and oxygen atoms in total. The number of ether oxygens (including phenoxy) is 1. The molecule has 0 fully saturated rings. The standard InChI is InChI=1S/C12H18N2O6/c13-11(8-9-2-4-10(15)5-3-9)12(16)19-6-1-7-20-14(17)18/h2-5,11,15,17-18H,1,6-8,13H2. The van der Waals surface area contributed by atoms with Crippen molar-refractivity contribution in [2.24, 2.45) is 5.73 Å². The molecule has 0 aliphatic carbocycles. The molecule has 20 heavy (non-hydrogen) atoms. The Morgan fingerprint density at radius 3 is 2.50 bits per heavy atom. The van der Waals surface area contributed by atoms with Crippen LogP contribution in [0.5, 0.6) is 5.75 Å². The van der Waals surface area contributed by atoms with Crippen molar-refractivity contribution in [2.75, 3.05) is 13.2 Å². The van der Waals surface area contributed by atoms with Crippen molar-refractivity contribution < 1.29 is 29.9 Å². The summed E-state index contributed by atoms with van der Waals surface area (Å²) in [5, 5.41) is 25.2. The van der Waals surface area contributed by atoms with E-state index in [9.17, 15) is 4.79 Å². The Morgan fingerprint density at radius 1 is 1.25 bits per heavy atom. The van der Waals surface area contributed by atoms with Gasteiger partial charge in [-0.1, -0.05) is 12.1 Å². The van der Waals surface area contributed by atoms with Crippen molar-refractivity contribution in [1.29, 1.82) is 0 Å². The highest BCUT2D eigenvalue weighted by Gasteiger charge is 2.15. The quantitative estimate of drug-likeness (QED) is 0.303. The summed E-state index contributed by atoms with van der Waals surface area (Å²) in [6, 6.07) is 5.58. The zero-order valence-corrected chi connectivity index (χ0v) is 10.8. The van der Waals surface area contributed by atoms with Crippen molar-refractivity contribution in [3.8, 4) is 5.75 Å². The Kier molecular flexibility index (Phi) is 6.91. The summed E-state index contributed by atoms with van der Waals surface area (Å²) in [7, 11) is 0. The fraction of sp³-hybridized carbons (Fsp3) is 0.417. The lowest BCUT2D eigenvalue weighted by molar-refractivity contribution is -0.492. The lowest BCUT2D eigenvalue weighted by atomic mass is 10.1. The normalized spacial score (nSPS) is 12.4. The third-order valence-electron chi connectivity index (χ3n) is 2.43. The fourth-order valence-electron chi connectivity index (χ4n) is 1.45. The third kappa shape index (κ3) is 6.45. The summed E-state index contributed by atoms with van der Waals surface area (Å²) >= 11 is 0. The van der Waals surface area contributed by atoms with E-state index in [0.29, 0.717) is 12.8 Å². The molecular weight excluding hydrogens is 268 g/mol. The van der Waals surface area contributed by atoms with Crippen LogP contribution in [0.2, 0.25) is 0 Å². The molecule has 1 aromatic carbocycles. The number of nitrogens with zero attached hydrogens (tertiary/aromatic N) is 1. The van der Waals surface area contributed by atoms with E-state index in [1.165, 1.54) is 12.1 Å². The van der Waals surface area contributed by atoms with Crippen LogP contribution in [0.15, 0.2) is 24.3 Å². The number of rotatable bonds is 8. The monoisotopic (exact) mass is 286 g/mol. The van der Waals surface area contributed by atoms with Crippen LogP contribution in [-0.4, -0.2) is 46.1 Å². The van der Waals surface area contributed by atoms with Gasteiger partial charge < -0.3 is 15.6 Å². The van der Waals surface area contributed by atoms with Gasteiger partial charge in [-0.2, -0.15) is 0 Å². The van der Waals surface area contributed by atoms with Gasteiger partial charge in [-0.05, 0) is 24.1 Å². The topological polar surface area (TPSA) is 125 Å². The highest BCUT2D eigenvalue weighted by molar-refractivity contribution is 5.75. The second-order valence-electron chi connectivity index (χ2n) is 4.08. The largest absolute Gasteiger partial charge is 0.508 e. The van der Waals surface area contributed by atoms with Gasteiger partial charge in [0.2, 0.25) is 0 Å². The maximum atomic E-state index is 11.6. The maximum absolute atomic E-state index is 11.6.